The maximum atomic E-state index is 14.3. The van der Waals surface area contributed by atoms with Gasteiger partial charge >= 0.3 is 0 Å². The number of rotatable bonds is 7. The fourth-order valence-electron chi connectivity index (χ4n) is 2.63. The van der Waals surface area contributed by atoms with E-state index in [-0.39, 0.29) is 34.6 Å². The van der Waals surface area contributed by atoms with Gasteiger partial charge in [-0.2, -0.15) is 4.98 Å². The van der Waals surface area contributed by atoms with Crippen LogP contribution in [0.1, 0.15) is 18.5 Å². The lowest BCUT2D eigenvalue weighted by Gasteiger charge is -2.16. The standard InChI is InChI=1S/C17H18ClFN6O2S/c1-8(9-4-3-5-22-14(9)20)21-6-7-27-16-10-12(11(19)13(18)24-16)23-17(28-2)25-15(10)26/h3-5,8,21H,6-7H2,1-2H3,(H2,20,22)(H,23,25,26)/t8-/m1/s1. The smallest absolute Gasteiger partial charge is 0.265 e. The summed E-state index contributed by atoms with van der Waals surface area (Å²) in [4.78, 5) is 26.9. The van der Waals surface area contributed by atoms with E-state index in [2.05, 4.69) is 25.3 Å². The molecular weight excluding hydrogens is 407 g/mol. The van der Waals surface area contributed by atoms with Crippen LogP contribution >= 0.6 is 23.4 Å². The summed E-state index contributed by atoms with van der Waals surface area (Å²) in [6, 6.07) is 3.62. The summed E-state index contributed by atoms with van der Waals surface area (Å²) < 4.78 is 19.9. The van der Waals surface area contributed by atoms with Crippen LogP contribution in [0, 0.1) is 5.82 Å². The van der Waals surface area contributed by atoms with E-state index in [0.29, 0.717) is 12.4 Å². The van der Waals surface area contributed by atoms with Crippen molar-refractivity contribution in [2.75, 3.05) is 25.1 Å². The Bertz CT molecular complexity index is 1060. The molecule has 28 heavy (non-hydrogen) atoms. The molecule has 0 saturated carbocycles. The molecule has 3 aromatic rings. The van der Waals surface area contributed by atoms with Crippen molar-refractivity contribution in [3.8, 4) is 5.88 Å². The number of nitrogens with one attached hydrogen (secondary N) is 2. The molecule has 0 aromatic carbocycles. The lowest BCUT2D eigenvalue weighted by molar-refractivity contribution is 0.299. The Balaban J connectivity index is 1.75. The van der Waals surface area contributed by atoms with Gasteiger partial charge in [-0.05, 0) is 19.2 Å². The molecule has 0 fully saturated rings. The topological polar surface area (TPSA) is 119 Å². The molecule has 3 aromatic heterocycles. The van der Waals surface area contributed by atoms with Crippen LogP contribution in [0.4, 0.5) is 10.2 Å². The second-order valence-corrected chi connectivity index (χ2v) is 6.98. The Morgan fingerprint density at radius 1 is 1.46 bits per heavy atom. The molecule has 3 heterocycles. The number of aromatic amines is 1. The minimum absolute atomic E-state index is 0.0620. The molecule has 4 N–H and O–H groups in total. The molecule has 0 spiro atoms. The van der Waals surface area contributed by atoms with Crippen molar-refractivity contribution in [1.82, 2.24) is 25.3 Å². The second kappa shape index (κ2) is 8.72. The molecule has 11 heteroatoms. The van der Waals surface area contributed by atoms with Gasteiger partial charge in [-0.3, -0.25) is 4.79 Å². The van der Waals surface area contributed by atoms with Crippen LogP contribution in [0.2, 0.25) is 5.15 Å². The third-order valence-corrected chi connectivity index (χ3v) is 4.85. The SMILES string of the molecule is CSc1nc2c(F)c(Cl)nc(OCCN[C@H](C)c3cccnc3N)c2c(=O)[nH]1. The van der Waals surface area contributed by atoms with Gasteiger partial charge in [-0.15, -0.1) is 0 Å². The third kappa shape index (κ3) is 4.18. The van der Waals surface area contributed by atoms with Gasteiger partial charge in [0.05, 0.1) is 0 Å². The first-order valence-corrected chi connectivity index (χ1v) is 9.92. The summed E-state index contributed by atoms with van der Waals surface area (Å²) in [5.74, 6) is -0.481. The Kier molecular flexibility index (Phi) is 6.32. The number of hydrogen-bond acceptors (Lipinski definition) is 8. The number of H-pyrrole nitrogens is 1. The Hall–Kier alpha value is -2.43. The highest BCUT2D eigenvalue weighted by atomic mass is 35.5. The van der Waals surface area contributed by atoms with Crippen LogP contribution in [0.25, 0.3) is 10.9 Å². The van der Waals surface area contributed by atoms with Crippen LogP contribution < -0.4 is 21.3 Å². The molecule has 0 bridgehead atoms. The fourth-order valence-corrected chi connectivity index (χ4v) is 3.18. The Morgan fingerprint density at radius 2 is 2.25 bits per heavy atom. The molecule has 0 saturated heterocycles. The van der Waals surface area contributed by atoms with E-state index in [9.17, 15) is 9.18 Å². The van der Waals surface area contributed by atoms with Crippen LogP contribution in [0.15, 0.2) is 28.3 Å². The molecule has 0 aliphatic heterocycles. The minimum atomic E-state index is -0.857. The highest BCUT2D eigenvalue weighted by Gasteiger charge is 2.19. The van der Waals surface area contributed by atoms with Crippen LogP contribution in [0.3, 0.4) is 0 Å². The van der Waals surface area contributed by atoms with Crippen molar-refractivity contribution in [2.45, 2.75) is 18.1 Å². The number of fused-ring (bicyclic) bond motifs is 1. The third-order valence-electron chi connectivity index (χ3n) is 4.02. The summed E-state index contributed by atoms with van der Waals surface area (Å²) in [5.41, 5.74) is 6.00. The fraction of sp³-hybridized carbons (Fsp3) is 0.294. The molecule has 8 nitrogen and oxygen atoms in total. The van der Waals surface area contributed by atoms with Crippen LogP contribution in [-0.2, 0) is 0 Å². The van der Waals surface area contributed by atoms with Crippen molar-refractivity contribution in [3.63, 3.8) is 0 Å². The minimum Gasteiger partial charge on any atom is -0.476 e. The first kappa shape index (κ1) is 20.3. The van der Waals surface area contributed by atoms with E-state index in [4.69, 9.17) is 22.1 Å². The maximum absolute atomic E-state index is 14.3. The van der Waals surface area contributed by atoms with Gasteiger partial charge in [0.25, 0.3) is 5.56 Å². The average Bonchev–Trinajstić information content (AvgIpc) is 2.68. The van der Waals surface area contributed by atoms with Gasteiger partial charge in [0, 0.05) is 24.3 Å². The van der Waals surface area contributed by atoms with Gasteiger partial charge in [0.2, 0.25) is 5.88 Å². The van der Waals surface area contributed by atoms with E-state index in [1.807, 2.05) is 13.0 Å². The number of nitrogens with zero attached hydrogens (tertiary/aromatic N) is 3. The highest BCUT2D eigenvalue weighted by Crippen LogP contribution is 2.27. The number of aromatic nitrogens is 4. The Labute approximate surface area is 169 Å². The summed E-state index contributed by atoms with van der Waals surface area (Å²) >= 11 is 7.02. The molecule has 3 rings (SSSR count). The summed E-state index contributed by atoms with van der Waals surface area (Å²) in [6.45, 7) is 2.52. The van der Waals surface area contributed by atoms with E-state index < -0.39 is 16.5 Å². The van der Waals surface area contributed by atoms with Crippen molar-refractivity contribution >= 4 is 40.1 Å². The van der Waals surface area contributed by atoms with Gasteiger partial charge in [-0.25, -0.2) is 14.4 Å². The Morgan fingerprint density at radius 3 is 2.96 bits per heavy atom. The number of pyridine rings is 2. The van der Waals surface area contributed by atoms with E-state index in [0.717, 1.165) is 5.56 Å². The maximum Gasteiger partial charge on any atom is 0.265 e. The zero-order valence-electron chi connectivity index (χ0n) is 15.1. The van der Waals surface area contributed by atoms with Gasteiger partial charge in [0.1, 0.15) is 23.3 Å². The van der Waals surface area contributed by atoms with Crippen molar-refractivity contribution in [1.29, 1.82) is 0 Å². The first-order valence-electron chi connectivity index (χ1n) is 8.32. The molecule has 0 unspecified atom stereocenters. The number of nitrogens with two attached hydrogens (primary N) is 1. The lowest BCUT2D eigenvalue weighted by Crippen LogP contribution is -2.25. The van der Waals surface area contributed by atoms with Crippen molar-refractivity contribution < 1.29 is 9.13 Å². The molecule has 1 atom stereocenters. The van der Waals surface area contributed by atoms with Gasteiger partial charge in [-0.1, -0.05) is 29.4 Å². The molecule has 148 valence electrons. The predicted molar refractivity (Wildman–Crippen MR) is 107 cm³/mol. The molecular formula is C17H18ClFN6O2S. The van der Waals surface area contributed by atoms with Crippen LogP contribution in [0.5, 0.6) is 5.88 Å². The zero-order chi connectivity index (χ0) is 20.3. The molecule has 0 radical (unpaired) electrons. The van der Waals surface area contributed by atoms with Crippen molar-refractivity contribution in [2.24, 2.45) is 0 Å². The number of thioether (sulfide) groups is 1. The monoisotopic (exact) mass is 424 g/mol. The summed E-state index contributed by atoms with van der Waals surface area (Å²) in [5, 5.41) is 3.02. The van der Waals surface area contributed by atoms with Gasteiger partial charge < -0.3 is 20.8 Å². The normalized spacial score (nSPS) is 12.3. The summed E-state index contributed by atoms with van der Waals surface area (Å²) in [6.07, 6.45) is 3.34. The summed E-state index contributed by atoms with van der Waals surface area (Å²) in [7, 11) is 0. The first-order chi connectivity index (χ1) is 13.4. The van der Waals surface area contributed by atoms with Crippen LogP contribution in [-0.4, -0.2) is 39.3 Å². The quantitative estimate of drug-likeness (QED) is 0.229. The highest BCUT2D eigenvalue weighted by molar-refractivity contribution is 7.98. The zero-order valence-corrected chi connectivity index (χ0v) is 16.7. The van der Waals surface area contributed by atoms with Gasteiger partial charge in [0.15, 0.2) is 16.1 Å². The second-order valence-electron chi connectivity index (χ2n) is 5.82. The number of hydrogen-bond donors (Lipinski definition) is 3. The lowest BCUT2D eigenvalue weighted by atomic mass is 10.1. The number of ether oxygens (including phenoxy) is 1. The number of halogens is 2. The number of nitrogen functional groups attached to an aromatic ring is 1. The molecule has 0 amide bonds. The predicted octanol–water partition coefficient (Wildman–Crippen LogP) is 2.54. The van der Waals surface area contributed by atoms with E-state index >= 15 is 0 Å². The van der Waals surface area contributed by atoms with Crippen molar-refractivity contribution in [3.05, 3.63) is 45.2 Å². The van der Waals surface area contributed by atoms with E-state index in [1.54, 1.807) is 18.5 Å². The molecule has 0 aliphatic carbocycles. The van der Waals surface area contributed by atoms with E-state index in [1.165, 1.54) is 11.8 Å². The molecule has 0 aliphatic rings. The largest absolute Gasteiger partial charge is 0.476 e. The number of anilines is 1. The average molecular weight is 425 g/mol.